The number of imidazole rings is 1. The van der Waals surface area contributed by atoms with E-state index in [4.69, 9.17) is 10.2 Å². The van der Waals surface area contributed by atoms with Crippen LogP contribution in [-0.4, -0.2) is 26.6 Å². The molecule has 0 unspecified atom stereocenters. The van der Waals surface area contributed by atoms with E-state index < -0.39 is 0 Å². The van der Waals surface area contributed by atoms with Crippen LogP contribution in [0.1, 0.15) is 36.8 Å². The number of nitrogens with zero attached hydrogens (tertiary/aromatic N) is 5. The minimum Gasteiger partial charge on any atom is -0.356 e. The van der Waals surface area contributed by atoms with Crippen LogP contribution in [0.4, 0.5) is 5.13 Å². The first-order chi connectivity index (χ1) is 14.7. The third kappa shape index (κ3) is 3.53. The van der Waals surface area contributed by atoms with Gasteiger partial charge in [-0.3, -0.25) is 0 Å². The van der Waals surface area contributed by atoms with E-state index in [0.29, 0.717) is 12.1 Å². The molecule has 2 aromatic carbocycles. The number of rotatable bonds is 5. The third-order valence-corrected chi connectivity index (χ3v) is 6.68. The molecule has 1 saturated carbocycles. The van der Waals surface area contributed by atoms with Gasteiger partial charge in [-0.1, -0.05) is 35.4 Å². The Morgan fingerprint density at radius 1 is 1.20 bits per heavy atom. The van der Waals surface area contributed by atoms with Crippen molar-refractivity contribution in [3.63, 3.8) is 0 Å². The summed E-state index contributed by atoms with van der Waals surface area (Å²) in [5.41, 5.74) is 4.55. The van der Waals surface area contributed by atoms with Crippen molar-refractivity contribution in [3.05, 3.63) is 58.8 Å². The van der Waals surface area contributed by atoms with E-state index in [-0.39, 0.29) is 12.1 Å². The molecule has 1 aliphatic carbocycles. The van der Waals surface area contributed by atoms with Crippen molar-refractivity contribution in [1.82, 2.24) is 14.5 Å². The summed E-state index contributed by atoms with van der Waals surface area (Å²) in [5.74, 6) is 0. The topological polar surface area (TPSA) is 96.0 Å². The Labute approximate surface area is 177 Å². The lowest BCUT2D eigenvalue weighted by Crippen LogP contribution is -2.34. The molecule has 1 aliphatic rings. The van der Waals surface area contributed by atoms with E-state index in [1.807, 2.05) is 30.6 Å². The Kier molecular flexibility index (Phi) is 4.89. The first kappa shape index (κ1) is 18.7. The zero-order valence-corrected chi connectivity index (χ0v) is 17.1. The van der Waals surface area contributed by atoms with Crippen LogP contribution in [-0.2, 0) is 6.54 Å². The highest BCUT2D eigenvalue weighted by molar-refractivity contribution is 7.22. The number of aromatic nitrogens is 3. The molecule has 150 valence electrons. The van der Waals surface area contributed by atoms with E-state index in [2.05, 4.69) is 38.2 Å². The molecule has 2 aromatic heterocycles. The molecule has 0 aliphatic heterocycles. The molecule has 0 bridgehead atoms. The molecular formula is C22H20N6OS. The van der Waals surface area contributed by atoms with Gasteiger partial charge in [-0.2, -0.15) is 10.2 Å². The molecule has 5 rings (SSSR count). The number of thiazole rings is 1. The Balaban J connectivity index is 1.38. The fourth-order valence-corrected chi connectivity index (χ4v) is 5.14. The maximum atomic E-state index is 11.1. The Bertz CT molecular complexity index is 1270. The number of hydrogen-bond donors (Lipinski definition) is 1. The molecule has 0 saturated heterocycles. The average Bonchev–Trinajstić information content (AvgIpc) is 3.36. The number of nitriles is 1. The summed E-state index contributed by atoms with van der Waals surface area (Å²) in [6.45, 7) is 0.693. The second-order valence-corrected chi connectivity index (χ2v) is 8.75. The SMILES string of the molecule is N#Cc1ccc2c(c1)ncn2Cc1ccc2nc(N[C@@H]3CCCC[C@H]3N=O)sc2c1. The van der Waals surface area contributed by atoms with Crippen LogP contribution in [0, 0.1) is 16.2 Å². The van der Waals surface area contributed by atoms with Crippen molar-refractivity contribution in [3.8, 4) is 6.07 Å². The Morgan fingerprint density at radius 2 is 2.10 bits per heavy atom. The monoisotopic (exact) mass is 416 g/mol. The van der Waals surface area contributed by atoms with Gasteiger partial charge >= 0.3 is 0 Å². The van der Waals surface area contributed by atoms with Crippen LogP contribution < -0.4 is 5.32 Å². The van der Waals surface area contributed by atoms with E-state index in [0.717, 1.165) is 57.6 Å². The van der Waals surface area contributed by atoms with E-state index in [9.17, 15) is 4.91 Å². The summed E-state index contributed by atoms with van der Waals surface area (Å²) in [7, 11) is 0. The first-order valence-electron chi connectivity index (χ1n) is 10.1. The van der Waals surface area contributed by atoms with Crippen molar-refractivity contribution in [2.75, 3.05) is 5.32 Å². The summed E-state index contributed by atoms with van der Waals surface area (Å²) in [6, 6.07) is 13.9. The molecule has 8 heteroatoms. The van der Waals surface area contributed by atoms with Gasteiger partial charge in [0.2, 0.25) is 0 Å². The van der Waals surface area contributed by atoms with Gasteiger partial charge in [0.1, 0.15) is 6.04 Å². The molecule has 30 heavy (non-hydrogen) atoms. The van der Waals surface area contributed by atoms with Crippen molar-refractivity contribution in [1.29, 1.82) is 5.26 Å². The van der Waals surface area contributed by atoms with Gasteiger partial charge < -0.3 is 9.88 Å². The number of nitroso groups, excluding NO2 is 1. The molecule has 2 atom stereocenters. The molecule has 1 N–H and O–H groups in total. The van der Waals surface area contributed by atoms with Crippen LogP contribution in [0.15, 0.2) is 47.9 Å². The zero-order chi connectivity index (χ0) is 20.5. The second kappa shape index (κ2) is 7.84. The lowest BCUT2D eigenvalue weighted by Gasteiger charge is -2.26. The van der Waals surface area contributed by atoms with Crippen LogP contribution in [0.2, 0.25) is 0 Å². The quantitative estimate of drug-likeness (QED) is 0.459. The maximum absolute atomic E-state index is 11.1. The van der Waals surface area contributed by atoms with Crippen molar-refractivity contribution >= 4 is 37.7 Å². The number of nitrogens with one attached hydrogen (secondary N) is 1. The van der Waals surface area contributed by atoms with Crippen LogP contribution >= 0.6 is 11.3 Å². The standard InChI is InChI=1S/C22H20N6OS/c23-11-14-6-8-20-19(9-14)24-13-28(20)12-15-5-7-18-21(10-15)30-22(26-18)25-16-3-1-2-4-17(16)27-29/h5-10,13,16-17H,1-4,12H2,(H,25,26)/t16-,17-/m1/s1. The summed E-state index contributed by atoms with van der Waals surface area (Å²) in [6.07, 6.45) is 5.81. The largest absolute Gasteiger partial charge is 0.356 e. The smallest absolute Gasteiger partial charge is 0.184 e. The van der Waals surface area contributed by atoms with Gasteiger partial charge in [0.05, 0.1) is 45.3 Å². The number of benzene rings is 2. The van der Waals surface area contributed by atoms with Gasteiger partial charge in [-0.25, -0.2) is 9.97 Å². The molecule has 2 heterocycles. The predicted octanol–water partition coefficient (Wildman–Crippen LogP) is 5.06. The van der Waals surface area contributed by atoms with E-state index in [1.54, 1.807) is 11.3 Å². The Morgan fingerprint density at radius 3 is 2.97 bits per heavy atom. The molecule has 7 nitrogen and oxygen atoms in total. The fraction of sp³-hybridized carbons (Fsp3) is 0.318. The number of anilines is 1. The third-order valence-electron chi connectivity index (χ3n) is 5.73. The van der Waals surface area contributed by atoms with Gasteiger partial charge in [0, 0.05) is 6.54 Å². The molecule has 4 aromatic rings. The summed E-state index contributed by atoms with van der Waals surface area (Å²) >= 11 is 1.61. The predicted molar refractivity (Wildman–Crippen MR) is 119 cm³/mol. The van der Waals surface area contributed by atoms with Gasteiger partial charge in [-0.05, 0) is 48.7 Å². The van der Waals surface area contributed by atoms with Crippen LogP contribution in [0.3, 0.4) is 0 Å². The summed E-state index contributed by atoms with van der Waals surface area (Å²) in [5, 5.41) is 16.7. The maximum Gasteiger partial charge on any atom is 0.184 e. The van der Waals surface area contributed by atoms with E-state index >= 15 is 0 Å². The van der Waals surface area contributed by atoms with Crippen molar-refractivity contribution in [2.45, 2.75) is 44.3 Å². The number of hydrogen-bond acceptors (Lipinski definition) is 7. The molecular weight excluding hydrogens is 396 g/mol. The minimum absolute atomic E-state index is 0.0758. The van der Waals surface area contributed by atoms with Gasteiger partial charge in [0.25, 0.3) is 0 Å². The molecule has 0 radical (unpaired) electrons. The highest BCUT2D eigenvalue weighted by Crippen LogP contribution is 2.31. The Hall–Kier alpha value is -3.31. The van der Waals surface area contributed by atoms with E-state index in [1.165, 1.54) is 0 Å². The fourth-order valence-electron chi connectivity index (χ4n) is 4.15. The number of fused-ring (bicyclic) bond motifs is 2. The van der Waals surface area contributed by atoms with Crippen LogP contribution in [0.5, 0.6) is 0 Å². The minimum atomic E-state index is -0.169. The summed E-state index contributed by atoms with van der Waals surface area (Å²) < 4.78 is 3.19. The first-order valence-corrected chi connectivity index (χ1v) is 10.9. The second-order valence-electron chi connectivity index (χ2n) is 7.72. The highest BCUT2D eigenvalue weighted by atomic mass is 32.1. The van der Waals surface area contributed by atoms with Gasteiger partial charge in [0.15, 0.2) is 5.13 Å². The average molecular weight is 417 g/mol. The molecule has 0 amide bonds. The molecule has 0 spiro atoms. The lowest BCUT2D eigenvalue weighted by molar-refractivity contribution is 0.404. The molecule has 1 fully saturated rings. The normalized spacial score (nSPS) is 19.0. The summed E-state index contributed by atoms with van der Waals surface area (Å²) in [4.78, 5) is 20.3. The van der Waals surface area contributed by atoms with Gasteiger partial charge in [-0.15, -0.1) is 0 Å². The van der Waals surface area contributed by atoms with Crippen molar-refractivity contribution in [2.24, 2.45) is 5.18 Å². The highest BCUT2D eigenvalue weighted by Gasteiger charge is 2.26. The van der Waals surface area contributed by atoms with Crippen LogP contribution in [0.25, 0.3) is 21.3 Å². The lowest BCUT2D eigenvalue weighted by atomic mass is 9.91. The zero-order valence-electron chi connectivity index (χ0n) is 16.3. The van der Waals surface area contributed by atoms with Crippen molar-refractivity contribution < 1.29 is 0 Å².